The van der Waals surface area contributed by atoms with Crippen LogP contribution in [0.25, 0.3) is 0 Å². The van der Waals surface area contributed by atoms with Gasteiger partial charge in [-0.15, -0.1) is 0 Å². The fraction of sp³-hybridized carbons (Fsp3) is 0.364. The lowest BCUT2D eigenvalue weighted by atomic mass is 10.0. The van der Waals surface area contributed by atoms with Gasteiger partial charge < -0.3 is 5.73 Å². The van der Waals surface area contributed by atoms with E-state index in [4.69, 9.17) is 17.3 Å². The van der Waals surface area contributed by atoms with Crippen LogP contribution in [0, 0.1) is 5.92 Å². The van der Waals surface area contributed by atoms with Crippen molar-refractivity contribution in [1.82, 2.24) is 0 Å². The van der Waals surface area contributed by atoms with Crippen LogP contribution in [-0.4, -0.2) is 5.78 Å². The van der Waals surface area contributed by atoms with Gasteiger partial charge in [0, 0.05) is 22.7 Å². The van der Waals surface area contributed by atoms with Crippen molar-refractivity contribution < 1.29 is 4.79 Å². The average molecular weight is 212 g/mol. The average Bonchev–Trinajstić information content (AvgIpc) is 2.01. The molecule has 0 amide bonds. The number of carbonyl (C=O) groups excluding carboxylic acids is 1. The fourth-order valence-corrected chi connectivity index (χ4v) is 1.45. The molecule has 0 aliphatic rings. The van der Waals surface area contributed by atoms with Gasteiger partial charge in [-0.25, -0.2) is 0 Å². The number of benzene rings is 1. The van der Waals surface area contributed by atoms with Gasteiger partial charge in [0.15, 0.2) is 5.78 Å². The molecule has 0 fully saturated rings. The van der Waals surface area contributed by atoms with Crippen LogP contribution in [0.5, 0.6) is 0 Å². The smallest absolute Gasteiger partial charge is 0.165 e. The predicted molar refractivity (Wildman–Crippen MR) is 59.6 cm³/mol. The number of halogens is 1. The van der Waals surface area contributed by atoms with E-state index in [1.165, 1.54) is 0 Å². The van der Waals surface area contributed by atoms with E-state index < -0.39 is 0 Å². The Labute approximate surface area is 89.1 Å². The Bertz CT molecular complexity index is 347. The number of ketones is 1. The van der Waals surface area contributed by atoms with Gasteiger partial charge in [-0.2, -0.15) is 0 Å². The van der Waals surface area contributed by atoms with E-state index in [0.29, 0.717) is 28.6 Å². The van der Waals surface area contributed by atoms with Gasteiger partial charge in [0.2, 0.25) is 0 Å². The first kappa shape index (κ1) is 11.1. The van der Waals surface area contributed by atoms with E-state index in [2.05, 4.69) is 0 Å². The van der Waals surface area contributed by atoms with Gasteiger partial charge in [0.05, 0.1) is 0 Å². The molecule has 0 spiro atoms. The number of hydrogen-bond donors (Lipinski definition) is 1. The molecule has 0 atom stereocenters. The summed E-state index contributed by atoms with van der Waals surface area (Å²) >= 11 is 5.74. The summed E-state index contributed by atoms with van der Waals surface area (Å²) in [6, 6.07) is 4.98. The zero-order valence-electron chi connectivity index (χ0n) is 8.38. The summed E-state index contributed by atoms with van der Waals surface area (Å²) in [5.74, 6) is 0.423. The summed E-state index contributed by atoms with van der Waals surface area (Å²) in [5, 5.41) is 0.559. The highest BCUT2D eigenvalue weighted by atomic mass is 35.5. The molecule has 2 nitrogen and oxygen atoms in total. The molecule has 0 aliphatic carbocycles. The maximum Gasteiger partial charge on any atom is 0.165 e. The Morgan fingerprint density at radius 2 is 2.14 bits per heavy atom. The molecule has 14 heavy (non-hydrogen) atoms. The van der Waals surface area contributed by atoms with Crippen LogP contribution < -0.4 is 5.73 Å². The molecular formula is C11H14ClNO. The molecular weight excluding hydrogens is 198 g/mol. The summed E-state index contributed by atoms with van der Waals surface area (Å²) < 4.78 is 0. The first-order chi connectivity index (χ1) is 6.50. The summed E-state index contributed by atoms with van der Waals surface area (Å²) in [6.07, 6.45) is 0.520. The zero-order chi connectivity index (χ0) is 10.7. The standard InChI is InChI=1S/C11H14ClNO/c1-7(2)5-11(14)9-4-3-8(12)6-10(9)13/h3-4,6-7H,5,13H2,1-2H3. The van der Waals surface area contributed by atoms with Gasteiger partial charge in [-0.05, 0) is 24.1 Å². The zero-order valence-corrected chi connectivity index (χ0v) is 9.14. The van der Waals surface area contributed by atoms with Crippen molar-refractivity contribution in [2.24, 2.45) is 5.92 Å². The Hall–Kier alpha value is -1.02. The molecule has 0 aliphatic heterocycles. The van der Waals surface area contributed by atoms with E-state index in [1.54, 1.807) is 18.2 Å². The van der Waals surface area contributed by atoms with Gasteiger partial charge in [0.25, 0.3) is 0 Å². The lowest BCUT2D eigenvalue weighted by Crippen LogP contribution is -2.06. The minimum atomic E-state index is 0.0779. The van der Waals surface area contributed by atoms with Gasteiger partial charge in [-0.1, -0.05) is 25.4 Å². The molecule has 1 rings (SSSR count). The molecule has 3 heteroatoms. The highest BCUT2D eigenvalue weighted by Gasteiger charge is 2.11. The largest absolute Gasteiger partial charge is 0.398 e. The third-order valence-electron chi connectivity index (χ3n) is 1.91. The SMILES string of the molecule is CC(C)CC(=O)c1ccc(Cl)cc1N. The molecule has 1 aromatic rings. The summed E-state index contributed by atoms with van der Waals surface area (Å²) in [4.78, 5) is 11.7. The molecule has 1 aromatic carbocycles. The third kappa shape index (κ3) is 2.74. The lowest BCUT2D eigenvalue weighted by Gasteiger charge is -2.06. The van der Waals surface area contributed by atoms with Crippen LogP contribution in [0.3, 0.4) is 0 Å². The monoisotopic (exact) mass is 211 g/mol. The van der Waals surface area contributed by atoms with Crippen molar-refractivity contribution in [3.63, 3.8) is 0 Å². The third-order valence-corrected chi connectivity index (χ3v) is 2.14. The highest BCUT2D eigenvalue weighted by Crippen LogP contribution is 2.20. The fourth-order valence-electron chi connectivity index (χ4n) is 1.27. The first-order valence-corrected chi connectivity index (χ1v) is 4.96. The topological polar surface area (TPSA) is 43.1 Å². The second-order valence-corrected chi connectivity index (χ2v) is 4.19. The van der Waals surface area contributed by atoms with Crippen molar-refractivity contribution in [2.45, 2.75) is 20.3 Å². The number of nitrogen functional groups attached to an aromatic ring is 1. The predicted octanol–water partition coefficient (Wildman–Crippen LogP) is 3.15. The Morgan fingerprint density at radius 1 is 1.50 bits per heavy atom. The Morgan fingerprint density at radius 3 is 2.64 bits per heavy atom. The highest BCUT2D eigenvalue weighted by molar-refractivity contribution is 6.31. The second kappa shape index (κ2) is 4.47. The Kier molecular flexibility index (Phi) is 3.53. The molecule has 0 saturated carbocycles. The molecule has 0 radical (unpaired) electrons. The quantitative estimate of drug-likeness (QED) is 0.617. The summed E-state index contributed by atoms with van der Waals surface area (Å²) in [7, 11) is 0. The summed E-state index contributed by atoms with van der Waals surface area (Å²) in [6.45, 7) is 4.01. The van der Waals surface area contributed by atoms with Crippen LogP contribution in [-0.2, 0) is 0 Å². The van der Waals surface area contributed by atoms with Gasteiger partial charge in [0.1, 0.15) is 0 Å². The lowest BCUT2D eigenvalue weighted by molar-refractivity contribution is 0.0969. The van der Waals surface area contributed by atoms with Crippen LogP contribution in [0.2, 0.25) is 5.02 Å². The van der Waals surface area contributed by atoms with Crippen LogP contribution in [0.1, 0.15) is 30.6 Å². The van der Waals surface area contributed by atoms with E-state index in [9.17, 15) is 4.79 Å². The van der Waals surface area contributed by atoms with Crippen LogP contribution >= 0.6 is 11.6 Å². The van der Waals surface area contributed by atoms with Crippen molar-refractivity contribution in [1.29, 1.82) is 0 Å². The van der Waals surface area contributed by atoms with Crippen LogP contribution in [0.4, 0.5) is 5.69 Å². The van der Waals surface area contributed by atoms with Crippen molar-refractivity contribution in [3.05, 3.63) is 28.8 Å². The van der Waals surface area contributed by atoms with E-state index >= 15 is 0 Å². The minimum absolute atomic E-state index is 0.0779. The van der Waals surface area contributed by atoms with E-state index in [0.717, 1.165) is 0 Å². The van der Waals surface area contributed by atoms with Gasteiger partial charge in [-0.3, -0.25) is 4.79 Å². The molecule has 0 unspecified atom stereocenters. The van der Waals surface area contributed by atoms with E-state index in [-0.39, 0.29) is 5.78 Å². The maximum absolute atomic E-state index is 11.7. The molecule has 0 saturated heterocycles. The summed E-state index contributed by atoms with van der Waals surface area (Å²) in [5.41, 5.74) is 6.73. The molecule has 0 bridgehead atoms. The molecule has 2 N–H and O–H groups in total. The molecule has 76 valence electrons. The molecule has 0 heterocycles. The van der Waals surface area contributed by atoms with Crippen molar-refractivity contribution in [3.8, 4) is 0 Å². The number of carbonyl (C=O) groups is 1. The first-order valence-electron chi connectivity index (χ1n) is 4.59. The van der Waals surface area contributed by atoms with Crippen LogP contribution in [0.15, 0.2) is 18.2 Å². The second-order valence-electron chi connectivity index (χ2n) is 3.75. The molecule has 0 aromatic heterocycles. The number of anilines is 1. The number of hydrogen-bond acceptors (Lipinski definition) is 2. The number of nitrogens with two attached hydrogens (primary N) is 1. The van der Waals surface area contributed by atoms with Gasteiger partial charge >= 0.3 is 0 Å². The normalized spacial score (nSPS) is 10.6. The maximum atomic E-state index is 11.7. The van der Waals surface area contributed by atoms with E-state index in [1.807, 2.05) is 13.8 Å². The number of Topliss-reactive ketones (excluding diaryl/α,β-unsaturated/α-hetero) is 1. The number of rotatable bonds is 3. The van der Waals surface area contributed by atoms with Crippen molar-refractivity contribution >= 4 is 23.1 Å². The minimum Gasteiger partial charge on any atom is -0.398 e. The van der Waals surface area contributed by atoms with Crippen molar-refractivity contribution in [2.75, 3.05) is 5.73 Å². The Balaban J connectivity index is 2.90.